The summed E-state index contributed by atoms with van der Waals surface area (Å²) in [4.78, 5) is 24.5. The van der Waals surface area contributed by atoms with Crippen molar-refractivity contribution in [2.24, 2.45) is 0 Å². The first-order chi connectivity index (χ1) is 8.40. The predicted octanol–water partition coefficient (Wildman–Crippen LogP) is 2.24. The molecule has 1 N–H and O–H groups in total. The quantitative estimate of drug-likeness (QED) is 0.852. The molecule has 0 saturated carbocycles. The molecule has 1 saturated heterocycles. The maximum atomic E-state index is 11.8. The van der Waals surface area contributed by atoms with E-state index < -0.39 is 6.04 Å². The van der Waals surface area contributed by atoms with Crippen molar-refractivity contribution in [2.75, 3.05) is 12.4 Å². The summed E-state index contributed by atoms with van der Waals surface area (Å²) in [5.74, 6) is -0.315. The van der Waals surface area contributed by atoms with Crippen LogP contribution in [0.2, 0.25) is 0 Å². The van der Waals surface area contributed by atoms with Gasteiger partial charge in [0, 0.05) is 11.5 Å². The minimum atomic E-state index is -0.458. The zero-order valence-electron chi connectivity index (χ0n) is 10.6. The molecule has 4 nitrogen and oxygen atoms in total. The van der Waals surface area contributed by atoms with Gasteiger partial charge in [0.05, 0.1) is 12.1 Å². The van der Waals surface area contributed by atoms with Gasteiger partial charge in [-0.05, 0) is 47.0 Å². The lowest BCUT2D eigenvalue weighted by Gasteiger charge is -2.16. The van der Waals surface area contributed by atoms with E-state index >= 15 is 0 Å². The van der Waals surface area contributed by atoms with E-state index in [1.807, 2.05) is 26.0 Å². The predicted molar refractivity (Wildman–Crippen MR) is 73.4 cm³/mol. The second-order valence-corrected chi connectivity index (χ2v) is 5.49. The smallest absolute Gasteiger partial charge is 0.251 e. The van der Waals surface area contributed by atoms with E-state index in [-0.39, 0.29) is 18.2 Å². The Labute approximate surface area is 114 Å². The first-order valence-corrected chi connectivity index (χ1v) is 6.53. The number of carbonyl (C=O) groups is 2. The SMILES string of the molecule is Cc1cc(C)c(NC2CC(=O)N(C)C2=O)c(Br)c1. The molecule has 18 heavy (non-hydrogen) atoms. The maximum absolute atomic E-state index is 11.8. The van der Waals surface area contributed by atoms with Gasteiger partial charge in [-0.15, -0.1) is 0 Å². The van der Waals surface area contributed by atoms with Gasteiger partial charge >= 0.3 is 0 Å². The van der Waals surface area contributed by atoms with Crippen LogP contribution in [0.5, 0.6) is 0 Å². The number of rotatable bonds is 2. The van der Waals surface area contributed by atoms with Gasteiger partial charge in [0.15, 0.2) is 0 Å². The van der Waals surface area contributed by atoms with Crippen molar-refractivity contribution in [1.82, 2.24) is 4.90 Å². The van der Waals surface area contributed by atoms with Crippen LogP contribution in [-0.2, 0) is 9.59 Å². The topological polar surface area (TPSA) is 49.4 Å². The van der Waals surface area contributed by atoms with E-state index in [9.17, 15) is 9.59 Å². The summed E-state index contributed by atoms with van der Waals surface area (Å²) in [6.45, 7) is 3.99. The average Bonchev–Trinajstić information content (AvgIpc) is 2.51. The van der Waals surface area contributed by atoms with Crippen molar-refractivity contribution in [3.05, 3.63) is 27.7 Å². The van der Waals surface area contributed by atoms with Gasteiger partial charge in [-0.2, -0.15) is 0 Å². The van der Waals surface area contributed by atoms with Crippen molar-refractivity contribution < 1.29 is 9.59 Å². The van der Waals surface area contributed by atoms with Crippen molar-refractivity contribution in [3.63, 3.8) is 0 Å². The lowest BCUT2D eigenvalue weighted by molar-refractivity contribution is -0.136. The molecule has 1 atom stereocenters. The summed E-state index contributed by atoms with van der Waals surface area (Å²) in [5.41, 5.74) is 3.08. The summed E-state index contributed by atoms with van der Waals surface area (Å²) in [6, 6.07) is 3.57. The normalized spacial score (nSPS) is 19.6. The molecule has 5 heteroatoms. The van der Waals surface area contributed by atoms with E-state index in [2.05, 4.69) is 21.2 Å². The molecule has 96 valence electrons. The van der Waals surface area contributed by atoms with E-state index in [1.165, 1.54) is 11.9 Å². The number of halogens is 1. The number of benzene rings is 1. The van der Waals surface area contributed by atoms with Crippen LogP contribution in [0.15, 0.2) is 16.6 Å². The maximum Gasteiger partial charge on any atom is 0.251 e. The first kappa shape index (κ1) is 13.1. The van der Waals surface area contributed by atoms with E-state index in [1.54, 1.807) is 0 Å². The zero-order valence-corrected chi connectivity index (χ0v) is 12.2. The van der Waals surface area contributed by atoms with E-state index in [0.29, 0.717) is 0 Å². The van der Waals surface area contributed by atoms with Crippen molar-refractivity contribution >= 4 is 33.4 Å². The average molecular weight is 311 g/mol. The number of hydrogen-bond acceptors (Lipinski definition) is 3. The van der Waals surface area contributed by atoms with Gasteiger partial charge in [0.25, 0.3) is 5.91 Å². The zero-order chi connectivity index (χ0) is 13.4. The summed E-state index contributed by atoms with van der Waals surface area (Å²) in [5, 5.41) is 3.16. The van der Waals surface area contributed by atoms with Crippen LogP contribution in [0.1, 0.15) is 17.5 Å². The molecular formula is C13H15BrN2O2. The molecule has 2 amide bonds. The fourth-order valence-electron chi connectivity index (χ4n) is 2.14. The third kappa shape index (κ3) is 2.27. The van der Waals surface area contributed by atoms with Crippen LogP contribution >= 0.6 is 15.9 Å². The van der Waals surface area contributed by atoms with Crippen LogP contribution in [0, 0.1) is 13.8 Å². The molecule has 1 aromatic carbocycles. The standard InChI is InChI=1S/C13H15BrN2O2/c1-7-4-8(2)12(9(14)5-7)15-10-6-11(17)16(3)13(10)18/h4-5,10,15H,6H2,1-3H3. The molecule has 0 spiro atoms. The van der Waals surface area contributed by atoms with Crippen molar-refractivity contribution in [2.45, 2.75) is 26.3 Å². The summed E-state index contributed by atoms with van der Waals surface area (Å²) in [6.07, 6.45) is 0.217. The molecule has 2 rings (SSSR count). The molecule has 0 bridgehead atoms. The Balaban J connectivity index is 2.26. The third-order valence-corrected chi connectivity index (χ3v) is 3.76. The van der Waals surface area contributed by atoms with Crippen LogP contribution in [0.25, 0.3) is 0 Å². The van der Waals surface area contributed by atoms with Gasteiger partial charge in [0.2, 0.25) is 5.91 Å². The Bertz CT molecular complexity index is 505. The number of carbonyl (C=O) groups excluding carboxylic acids is 2. The number of nitrogens with zero attached hydrogens (tertiary/aromatic N) is 1. The lowest BCUT2D eigenvalue weighted by Crippen LogP contribution is -2.32. The number of amides is 2. The minimum absolute atomic E-state index is 0.140. The molecule has 1 fully saturated rings. The highest BCUT2D eigenvalue weighted by Gasteiger charge is 2.36. The Morgan fingerprint density at radius 1 is 1.33 bits per heavy atom. The highest BCUT2D eigenvalue weighted by atomic mass is 79.9. The Morgan fingerprint density at radius 2 is 2.00 bits per heavy atom. The third-order valence-electron chi connectivity index (χ3n) is 3.13. The second-order valence-electron chi connectivity index (χ2n) is 4.63. The number of likely N-dealkylation sites (N-methyl/N-ethyl adjacent to an activating group) is 1. The molecule has 1 heterocycles. The molecule has 1 aliphatic heterocycles. The number of imide groups is 1. The van der Waals surface area contributed by atoms with Gasteiger partial charge in [0.1, 0.15) is 6.04 Å². The van der Waals surface area contributed by atoms with Crippen molar-refractivity contribution in [3.8, 4) is 0 Å². The summed E-state index contributed by atoms with van der Waals surface area (Å²) in [7, 11) is 1.52. The van der Waals surface area contributed by atoms with Crippen LogP contribution in [0.3, 0.4) is 0 Å². The van der Waals surface area contributed by atoms with Crippen LogP contribution in [0.4, 0.5) is 5.69 Å². The number of nitrogens with one attached hydrogen (secondary N) is 1. The highest BCUT2D eigenvalue weighted by molar-refractivity contribution is 9.10. The Kier molecular flexibility index (Phi) is 3.43. The molecule has 1 aromatic rings. The molecule has 1 unspecified atom stereocenters. The number of hydrogen-bond donors (Lipinski definition) is 1. The molecule has 0 aliphatic carbocycles. The molecule has 0 radical (unpaired) electrons. The van der Waals surface area contributed by atoms with Crippen LogP contribution in [-0.4, -0.2) is 29.8 Å². The first-order valence-electron chi connectivity index (χ1n) is 5.74. The van der Waals surface area contributed by atoms with Gasteiger partial charge in [-0.3, -0.25) is 14.5 Å². The fourth-order valence-corrected chi connectivity index (χ4v) is 2.93. The second kappa shape index (κ2) is 4.72. The molecule has 1 aliphatic rings. The lowest BCUT2D eigenvalue weighted by atomic mass is 10.1. The van der Waals surface area contributed by atoms with Gasteiger partial charge in [-0.1, -0.05) is 6.07 Å². The molecular weight excluding hydrogens is 296 g/mol. The van der Waals surface area contributed by atoms with Gasteiger partial charge in [-0.25, -0.2) is 0 Å². The number of aryl methyl sites for hydroxylation is 2. The Morgan fingerprint density at radius 3 is 2.50 bits per heavy atom. The van der Waals surface area contributed by atoms with Gasteiger partial charge < -0.3 is 5.32 Å². The Hall–Kier alpha value is -1.36. The largest absolute Gasteiger partial charge is 0.372 e. The van der Waals surface area contributed by atoms with E-state index in [4.69, 9.17) is 0 Å². The molecule has 0 aromatic heterocycles. The monoisotopic (exact) mass is 310 g/mol. The summed E-state index contributed by atoms with van der Waals surface area (Å²) < 4.78 is 0.912. The minimum Gasteiger partial charge on any atom is -0.372 e. The summed E-state index contributed by atoms with van der Waals surface area (Å²) >= 11 is 3.48. The number of likely N-dealkylation sites (tertiary alicyclic amines) is 1. The van der Waals surface area contributed by atoms with Crippen LogP contribution < -0.4 is 5.32 Å². The number of anilines is 1. The van der Waals surface area contributed by atoms with Crippen molar-refractivity contribution in [1.29, 1.82) is 0 Å². The van der Waals surface area contributed by atoms with E-state index in [0.717, 1.165) is 21.3 Å². The fraction of sp³-hybridized carbons (Fsp3) is 0.385. The highest BCUT2D eigenvalue weighted by Crippen LogP contribution is 2.29.